The largest absolute Gasteiger partial charge is 0.370 e. The van der Waals surface area contributed by atoms with Crippen LogP contribution in [0.2, 0.25) is 0 Å². The maximum absolute atomic E-state index is 13.6. The van der Waals surface area contributed by atoms with Crippen molar-refractivity contribution in [3.63, 3.8) is 0 Å². The molecule has 6 atom stereocenters. The molecule has 0 unspecified atom stereocenters. The molecule has 0 saturated carbocycles. The van der Waals surface area contributed by atoms with Gasteiger partial charge in [-0.15, -0.1) is 0 Å². The first-order valence-electron chi connectivity index (χ1n) is 16.6. The molecule has 16 heteroatoms. The molecule has 48 heavy (non-hydrogen) atoms. The van der Waals surface area contributed by atoms with E-state index in [-0.39, 0.29) is 55.9 Å². The highest BCUT2D eigenvalue weighted by Gasteiger charge is 2.32. The number of guanidine groups is 1. The highest BCUT2D eigenvalue weighted by Crippen LogP contribution is 2.11. The standard InChI is InChI=1S/C32H59N9O7/c1-17(2)13-24(29(46)37-21(8)27(44)38-23(16-42)11-10-12-35-32(33)34)40-31(48)26(15-19(5)6)41-30(47)25(14-18(3)4)39-28(45)20(7)36-22(9)43/h16-21,23-26H,10-15H2,1-9H3,(H,36,43)(H,37,46)(H,38,44)(H,39,45)(H,40,48)(H,41,47)(H4,33,34,35)/t20-,21-,23-,24-,25-,26-/m0/s1. The van der Waals surface area contributed by atoms with Crippen LogP contribution in [0, 0.1) is 17.8 Å². The number of aldehydes is 1. The summed E-state index contributed by atoms with van der Waals surface area (Å²) in [4.78, 5) is 92.6. The minimum atomic E-state index is -1.04. The number of nitrogens with two attached hydrogens (primary N) is 2. The lowest BCUT2D eigenvalue weighted by atomic mass is 9.98. The van der Waals surface area contributed by atoms with E-state index in [9.17, 15) is 33.6 Å². The molecule has 16 nitrogen and oxygen atoms in total. The molecule has 0 aromatic rings. The summed E-state index contributed by atoms with van der Waals surface area (Å²) >= 11 is 0. The van der Waals surface area contributed by atoms with Crippen molar-refractivity contribution < 1.29 is 33.6 Å². The third kappa shape index (κ3) is 18.8. The van der Waals surface area contributed by atoms with Gasteiger partial charge in [0.2, 0.25) is 35.4 Å². The molecular formula is C32H59N9O7. The molecule has 6 amide bonds. The van der Waals surface area contributed by atoms with Crippen LogP contribution in [0.3, 0.4) is 0 Å². The summed E-state index contributed by atoms with van der Waals surface area (Å²) in [5.41, 5.74) is 10.6. The molecule has 0 bridgehead atoms. The maximum Gasteiger partial charge on any atom is 0.243 e. The fraction of sp³-hybridized carbons (Fsp3) is 0.750. The van der Waals surface area contributed by atoms with E-state index in [1.54, 1.807) is 0 Å². The van der Waals surface area contributed by atoms with Gasteiger partial charge >= 0.3 is 0 Å². The molecule has 0 aliphatic heterocycles. The number of aliphatic imine (C=N–C) groups is 1. The molecule has 0 aromatic heterocycles. The predicted molar refractivity (Wildman–Crippen MR) is 183 cm³/mol. The van der Waals surface area contributed by atoms with Crippen LogP contribution in [-0.2, 0) is 33.6 Å². The second-order valence-electron chi connectivity index (χ2n) is 13.4. The zero-order valence-corrected chi connectivity index (χ0v) is 30.0. The molecule has 0 aliphatic rings. The van der Waals surface area contributed by atoms with Crippen LogP contribution in [0.4, 0.5) is 0 Å². The normalized spacial score (nSPS) is 14.8. The van der Waals surface area contributed by atoms with Crippen molar-refractivity contribution in [3.8, 4) is 0 Å². The van der Waals surface area contributed by atoms with Crippen molar-refractivity contribution in [1.82, 2.24) is 31.9 Å². The molecule has 0 rings (SSSR count). The molecule has 0 heterocycles. The molecule has 0 aliphatic carbocycles. The van der Waals surface area contributed by atoms with E-state index in [1.165, 1.54) is 20.8 Å². The Hall–Kier alpha value is -4.24. The van der Waals surface area contributed by atoms with Gasteiger partial charge in [-0.05, 0) is 63.7 Å². The molecule has 0 fully saturated rings. The lowest BCUT2D eigenvalue weighted by Gasteiger charge is -2.28. The Kier molecular flexibility index (Phi) is 20.4. The van der Waals surface area contributed by atoms with Crippen molar-refractivity contribution in [2.75, 3.05) is 6.54 Å². The number of carbonyl (C=O) groups is 7. The van der Waals surface area contributed by atoms with Crippen LogP contribution < -0.4 is 43.4 Å². The van der Waals surface area contributed by atoms with Crippen molar-refractivity contribution >= 4 is 47.7 Å². The summed E-state index contributed by atoms with van der Waals surface area (Å²) in [5, 5.41) is 15.8. The van der Waals surface area contributed by atoms with E-state index >= 15 is 0 Å². The smallest absolute Gasteiger partial charge is 0.243 e. The Labute approximate surface area is 284 Å². The summed E-state index contributed by atoms with van der Waals surface area (Å²) in [6.07, 6.45) is 2.08. The number of nitrogens with one attached hydrogen (secondary N) is 6. The molecule has 274 valence electrons. The fourth-order valence-corrected chi connectivity index (χ4v) is 4.70. The van der Waals surface area contributed by atoms with Gasteiger partial charge in [0.1, 0.15) is 36.5 Å². The van der Waals surface area contributed by atoms with Gasteiger partial charge in [-0.3, -0.25) is 33.8 Å². The highest BCUT2D eigenvalue weighted by molar-refractivity contribution is 5.96. The Morgan fingerprint density at radius 2 is 0.958 bits per heavy atom. The Morgan fingerprint density at radius 3 is 1.33 bits per heavy atom. The lowest BCUT2D eigenvalue weighted by Crippen LogP contribution is -2.59. The SMILES string of the molecule is CC(=O)N[C@@H](C)C(=O)N[C@@H](CC(C)C)C(=O)N[C@@H](CC(C)C)C(=O)N[C@@H](CC(C)C)C(=O)N[C@@H](C)C(=O)N[C@H](C=O)CCCN=C(N)N. The van der Waals surface area contributed by atoms with Crippen LogP contribution in [0.25, 0.3) is 0 Å². The molecule has 0 aromatic carbocycles. The quantitative estimate of drug-likeness (QED) is 0.0312. The number of nitrogens with zero attached hydrogens (tertiary/aromatic N) is 1. The van der Waals surface area contributed by atoms with E-state index in [4.69, 9.17) is 11.5 Å². The monoisotopic (exact) mass is 681 g/mol. The van der Waals surface area contributed by atoms with Crippen molar-refractivity contribution in [3.05, 3.63) is 0 Å². The fourth-order valence-electron chi connectivity index (χ4n) is 4.70. The Balaban J connectivity index is 5.74. The van der Waals surface area contributed by atoms with Crippen LogP contribution in [0.1, 0.15) is 94.4 Å². The zero-order valence-electron chi connectivity index (χ0n) is 30.0. The Morgan fingerprint density at radius 1 is 0.583 bits per heavy atom. The number of carbonyl (C=O) groups excluding carboxylic acids is 7. The summed E-state index contributed by atoms with van der Waals surface area (Å²) in [6.45, 7) is 15.8. The summed E-state index contributed by atoms with van der Waals surface area (Å²) in [7, 11) is 0. The Bertz CT molecular complexity index is 1120. The third-order valence-electron chi connectivity index (χ3n) is 7.04. The molecular weight excluding hydrogens is 622 g/mol. The second-order valence-corrected chi connectivity index (χ2v) is 13.4. The summed E-state index contributed by atoms with van der Waals surface area (Å²) < 4.78 is 0. The molecule has 0 spiro atoms. The van der Waals surface area contributed by atoms with Gasteiger partial charge in [-0.25, -0.2) is 0 Å². The van der Waals surface area contributed by atoms with E-state index in [2.05, 4.69) is 36.9 Å². The molecule has 10 N–H and O–H groups in total. The maximum atomic E-state index is 13.6. The first-order chi connectivity index (χ1) is 22.3. The molecule has 0 radical (unpaired) electrons. The van der Waals surface area contributed by atoms with Gasteiger partial charge in [0.15, 0.2) is 5.96 Å². The van der Waals surface area contributed by atoms with Crippen LogP contribution in [-0.4, -0.2) is 90.5 Å². The zero-order chi connectivity index (χ0) is 37.1. The van der Waals surface area contributed by atoms with Gasteiger partial charge in [-0.2, -0.15) is 0 Å². The lowest BCUT2D eigenvalue weighted by molar-refractivity contribution is -0.135. The first-order valence-corrected chi connectivity index (χ1v) is 16.6. The first kappa shape index (κ1) is 43.8. The minimum absolute atomic E-state index is 0.0132. The second kappa shape index (κ2) is 22.4. The van der Waals surface area contributed by atoms with Crippen molar-refractivity contribution in [2.24, 2.45) is 34.2 Å². The topological polar surface area (TPSA) is 256 Å². The van der Waals surface area contributed by atoms with Crippen molar-refractivity contribution in [1.29, 1.82) is 0 Å². The average Bonchev–Trinajstić information content (AvgIpc) is 2.95. The third-order valence-corrected chi connectivity index (χ3v) is 7.04. The molecule has 0 saturated heterocycles. The van der Waals surface area contributed by atoms with Gasteiger partial charge in [-0.1, -0.05) is 41.5 Å². The van der Waals surface area contributed by atoms with E-state index in [1.807, 2.05) is 41.5 Å². The van der Waals surface area contributed by atoms with Crippen LogP contribution >= 0.6 is 0 Å². The number of hydrogen-bond acceptors (Lipinski definition) is 8. The number of amides is 6. The number of rotatable bonds is 22. The van der Waals surface area contributed by atoms with Crippen LogP contribution in [0.5, 0.6) is 0 Å². The van der Waals surface area contributed by atoms with E-state index in [0.29, 0.717) is 12.7 Å². The predicted octanol–water partition coefficient (Wildman–Crippen LogP) is -0.654. The van der Waals surface area contributed by atoms with Crippen molar-refractivity contribution in [2.45, 2.75) is 131 Å². The van der Waals surface area contributed by atoms with Gasteiger partial charge in [0.05, 0.1) is 6.04 Å². The average molecular weight is 682 g/mol. The van der Waals surface area contributed by atoms with Gasteiger partial charge < -0.3 is 48.2 Å². The summed E-state index contributed by atoms with van der Waals surface area (Å²) in [5.74, 6) is -3.43. The van der Waals surface area contributed by atoms with Crippen LogP contribution in [0.15, 0.2) is 4.99 Å². The van der Waals surface area contributed by atoms with E-state index < -0.39 is 71.7 Å². The van der Waals surface area contributed by atoms with Gasteiger partial charge in [0.25, 0.3) is 0 Å². The van der Waals surface area contributed by atoms with Gasteiger partial charge in [0, 0.05) is 13.5 Å². The minimum Gasteiger partial charge on any atom is -0.370 e. The highest BCUT2D eigenvalue weighted by atomic mass is 16.2. The number of hydrogen-bond donors (Lipinski definition) is 8. The summed E-state index contributed by atoms with van der Waals surface area (Å²) in [6, 6.07) is -5.77. The van der Waals surface area contributed by atoms with E-state index in [0.717, 1.165) is 0 Å².